The number of nitrogens with one attached hydrogen (secondary N) is 1. The topological polar surface area (TPSA) is 32.3 Å². The lowest BCUT2D eigenvalue weighted by Crippen LogP contribution is -2.61. The van der Waals surface area contributed by atoms with E-state index in [1.54, 1.807) is 0 Å². The van der Waals surface area contributed by atoms with Crippen molar-refractivity contribution in [1.29, 1.82) is 0 Å². The predicted molar refractivity (Wildman–Crippen MR) is 62.7 cm³/mol. The van der Waals surface area contributed by atoms with Gasteiger partial charge in [-0.2, -0.15) is 0 Å². The molecule has 88 valence electrons. The van der Waals surface area contributed by atoms with Crippen LogP contribution in [-0.4, -0.2) is 36.0 Å². The van der Waals surface area contributed by atoms with Crippen LogP contribution in [-0.2, 0) is 4.79 Å². The Morgan fingerprint density at radius 2 is 2.20 bits per heavy atom. The normalized spacial score (nSPS) is 22.9. The van der Waals surface area contributed by atoms with Gasteiger partial charge >= 0.3 is 0 Å². The van der Waals surface area contributed by atoms with Crippen molar-refractivity contribution < 1.29 is 4.79 Å². The van der Waals surface area contributed by atoms with Crippen LogP contribution in [0.2, 0.25) is 0 Å². The van der Waals surface area contributed by atoms with Gasteiger partial charge in [-0.15, -0.1) is 0 Å². The van der Waals surface area contributed by atoms with Crippen LogP contribution >= 0.6 is 0 Å². The summed E-state index contributed by atoms with van der Waals surface area (Å²) in [5.41, 5.74) is -0.371. The second-order valence-electron chi connectivity index (χ2n) is 5.20. The van der Waals surface area contributed by atoms with Crippen molar-refractivity contribution in [1.82, 2.24) is 10.2 Å². The summed E-state index contributed by atoms with van der Waals surface area (Å²) in [6.07, 6.45) is 2.41. The Balaban J connectivity index is 2.51. The van der Waals surface area contributed by atoms with E-state index < -0.39 is 0 Å². The van der Waals surface area contributed by atoms with Gasteiger partial charge in [0.1, 0.15) is 0 Å². The fourth-order valence-electron chi connectivity index (χ4n) is 2.21. The lowest BCUT2D eigenvalue weighted by atomic mass is 9.98. The highest BCUT2D eigenvalue weighted by atomic mass is 16.2. The number of hydrogen-bond donors (Lipinski definition) is 1. The molecule has 3 heteroatoms. The van der Waals surface area contributed by atoms with Gasteiger partial charge in [-0.05, 0) is 26.2 Å². The molecule has 3 nitrogen and oxygen atoms in total. The zero-order chi connectivity index (χ0) is 11.5. The van der Waals surface area contributed by atoms with Crippen LogP contribution in [0.4, 0.5) is 0 Å². The lowest BCUT2D eigenvalue weighted by Gasteiger charge is -2.39. The monoisotopic (exact) mass is 212 g/mol. The maximum atomic E-state index is 12.1. The fourth-order valence-corrected chi connectivity index (χ4v) is 2.21. The van der Waals surface area contributed by atoms with E-state index in [9.17, 15) is 4.79 Å². The van der Waals surface area contributed by atoms with Crippen molar-refractivity contribution in [3.05, 3.63) is 0 Å². The zero-order valence-electron chi connectivity index (χ0n) is 10.5. The first kappa shape index (κ1) is 12.5. The molecule has 1 unspecified atom stereocenters. The molecule has 1 N–H and O–H groups in total. The van der Waals surface area contributed by atoms with Crippen molar-refractivity contribution in [3.8, 4) is 0 Å². The van der Waals surface area contributed by atoms with Gasteiger partial charge < -0.3 is 10.2 Å². The van der Waals surface area contributed by atoms with Crippen molar-refractivity contribution in [3.63, 3.8) is 0 Å². The largest absolute Gasteiger partial charge is 0.340 e. The molecule has 0 radical (unpaired) electrons. The molecule has 1 rings (SSSR count). The summed E-state index contributed by atoms with van der Waals surface area (Å²) in [4.78, 5) is 14.1. The first-order valence-corrected chi connectivity index (χ1v) is 6.01. The van der Waals surface area contributed by atoms with Crippen LogP contribution < -0.4 is 5.32 Å². The molecule has 0 bridgehead atoms. The van der Waals surface area contributed by atoms with Gasteiger partial charge in [0.2, 0.25) is 5.91 Å². The Bertz CT molecular complexity index is 226. The van der Waals surface area contributed by atoms with Gasteiger partial charge in [0.15, 0.2) is 0 Å². The third-order valence-electron chi connectivity index (χ3n) is 3.08. The summed E-state index contributed by atoms with van der Waals surface area (Å²) >= 11 is 0. The predicted octanol–water partition coefficient (Wildman–Crippen LogP) is 1.63. The van der Waals surface area contributed by atoms with Crippen molar-refractivity contribution in [2.45, 2.75) is 46.1 Å². The average molecular weight is 212 g/mol. The minimum atomic E-state index is -0.371. The molecular weight excluding hydrogens is 188 g/mol. The molecule has 0 aromatic carbocycles. The Kier molecular flexibility index (Phi) is 4.14. The fraction of sp³-hybridized carbons (Fsp3) is 0.917. The van der Waals surface area contributed by atoms with Crippen LogP contribution in [0.1, 0.15) is 40.5 Å². The van der Waals surface area contributed by atoms with E-state index in [1.165, 1.54) is 12.8 Å². The van der Waals surface area contributed by atoms with Crippen LogP contribution in [0.25, 0.3) is 0 Å². The molecule has 0 aliphatic carbocycles. The summed E-state index contributed by atoms with van der Waals surface area (Å²) in [6.45, 7) is 11.0. The summed E-state index contributed by atoms with van der Waals surface area (Å²) < 4.78 is 0. The summed E-state index contributed by atoms with van der Waals surface area (Å²) in [7, 11) is 0. The van der Waals surface area contributed by atoms with Crippen LogP contribution in [0.5, 0.6) is 0 Å². The first-order chi connectivity index (χ1) is 6.97. The average Bonchev–Trinajstić information content (AvgIpc) is 2.13. The van der Waals surface area contributed by atoms with Gasteiger partial charge in [0.05, 0.1) is 5.54 Å². The van der Waals surface area contributed by atoms with Crippen molar-refractivity contribution in [2.24, 2.45) is 5.92 Å². The van der Waals surface area contributed by atoms with Gasteiger partial charge in [0.25, 0.3) is 0 Å². The minimum absolute atomic E-state index is 0.247. The molecule has 1 aliphatic rings. The van der Waals surface area contributed by atoms with E-state index in [4.69, 9.17) is 0 Å². The van der Waals surface area contributed by atoms with Crippen molar-refractivity contribution in [2.75, 3.05) is 19.6 Å². The number of carbonyl (C=O) groups excluding carboxylic acids is 1. The molecule has 1 saturated heterocycles. The number of hydrogen-bond acceptors (Lipinski definition) is 2. The second-order valence-corrected chi connectivity index (χ2v) is 5.20. The number of amides is 1. The second kappa shape index (κ2) is 4.97. The Labute approximate surface area is 93.2 Å². The molecule has 15 heavy (non-hydrogen) atoms. The summed E-state index contributed by atoms with van der Waals surface area (Å²) in [5, 5.41) is 3.25. The standard InChI is InChI=1S/C12H24N2O/c1-5-6-10(2)9-14-8-7-13-12(3,4)11(14)15/h10,13H,5-9H2,1-4H3. The van der Waals surface area contributed by atoms with Crippen LogP contribution in [0, 0.1) is 5.92 Å². The first-order valence-electron chi connectivity index (χ1n) is 6.01. The van der Waals surface area contributed by atoms with Gasteiger partial charge in [-0.25, -0.2) is 0 Å². The molecule has 1 fully saturated rings. The summed E-state index contributed by atoms with van der Waals surface area (Å²) in [6, 6.07) is 0. The van der Waals surface area contributed by atoms with E-state index in [1.807, 2.05) is 18.7 Å². The molecule has 1 heterocycles. The van der Waals surface area contributed by atoms with Gasteiger partial charge in [-0.1, -0.05) is 20.3 Å². The molecule has 0 saturated carbocycles. The van der Waals surface area contributed by atoms with E-state index in [-0.39, 0.29) is 11.4 Å². The highest BCUT2D eigenvalue weighted by molar-refractivity contribution is 5.86. The molecular formula is C12H24N2O. The third-order valence-corrected chi connectivity index (χ3v) is 3.08. The highest BCUT2D eigenvalue weighted by Gasteiger charge is 2.35. The number of nitrogens with zero attached hydrogens (tertiary/aromatic N) is 1. The van der Waals surface area contributed by atoms with Crippen molar-refractivity contribution >= 4 is 5.91 Å². The molecule has 0 aromatic heterocycles. The molecule has 1 amide bonds. The molecule has 1 aliphatic heterocycles. The molecule has 0 spiro atoms. The smallest absolute Gasteiger partial charge is 0.242 e. The van der Waals surface area contributed by atoms with E-state index in [0.717, 1.165) is 19.6 Å². The Morgan fingerprint density at radius 1 is 1.53 bits per heavy atom. The lowest BCUT2D eigenvalue weighted by molar-refractivity contribution is -0.140. The highest BCUT2D eigenvalue weighted by Crippen LogP contribution is 2.15. The van der Waals surface area contributed by atoms with Gasteiger partial charge in [0, 0.05) is 19.6 Å². The van der Waals surface area contributed by atoms with E-state index in [2.05, 4.69) is 19.2 Å². The van der Waals surface area contributed by atoms with Gasteiger partial charge in [-0.3, -0.25) is 4.79 Å². The molecule has 1 atom stereocenters. The van der Waals surface area contributed by atoms with Crippen LogP contribution in [0.15, 0.2) is 0 Å². The van der Waals surface area contributed by atoms with E-state index in [0.29, 0.717) is 5.92 Å². The Hall–Kier alpha value is -0.570. The number of rotatable bonds is 4. The quantitative estimate of drug-likeness (QED) is 0.768. The molecule has 0 aromatic rings. The Morgan fingerprint density at radius 3 is 2.80 bits per heavy atom. The number of carbonyl (C=O) groups is 1. The SMILES string of the molecule is CCCC(C)CN1CCNC(C)(C)C1=O. The number of piperazine rings is 1. The van der Waals surface area contributed by atoms with E-state index >= 15 is 0 Å². The zero-order valence-corrected chi connectivity index (χ0v) is 10.5. The maximum Gasteiger partial charge on any atom is 0.242 e. The maximum absolute atomic E-state index is 12.1. The minimum Gasteiger partial charge on any atom is -0.340 e. The van der Waals surface area contributed by atoms with Crippen LogP contribution in [0.3, 0.4) is 0 Å². The third kappa shape index (κ3) is 3.20. The summed E-state index contributed by atoms with van der Waals surface area (Å²) in [5.74, 6) is 0.865.